The van der Waals surface area contributed by atoms with Gasteiger partial charge in [-0.05, 0) is 58.7 Å². The lowest BCUT2D eigenvalue weighted by Gasteiger charge is -2.23. The van der Waals surface area contributed by atoms with Crippen molar-refractivity contribution in [2.45, 2.75) is 23.7 Å². The van der Waals surface area contributed by atoms with Crippen molar-refractivity contribution in [1.82, 2.24) is 0 Å². The molecule has 0 saturated carbocycles. The van der Waals surface area contributed by atoms with Crippen molar-refractivity contribution in [3.05, 3.63) is 106 Å². The molecular weight excluding hydrogens is 432 g/mol. The molecule has 0 heterocycles. The maximum Gasteiger partial charge on any atom is 0.123 e. The fraction of sp³-hybridized carbons (Fsp3) is 0.143. The van der Waals surface area contributed by atoms with Crippen LogP contribution < -0.4 is 0 Å². The number of hydrogen-bond donors (Lipinski definition) is 6. The normalized spacial score (nSPS) is 22.2. The van der Waals surface area contributed by atoms with Gasteiger partial charge in [0, 0.05) is 46.9 Å². The number of phenols is 6. The molecule has 6 nitrogen and oxygen atoms in total. The van der Waals surface area contributed by atoms with E-state index in [0.717, 1.165) is 22.3 Å². The summed E-state index contributed by atoms with van der Waals surface area (Å²) in [6.45, 7) is 0. The molecule has 0 amide bonds. The minimum absolute atomic E-state index is 0.0298. The van der Waals surface area contributed by atoms with Gasteiger partial charge in [0.2, 0.25) is 0 Å². The lowest BCUT2D eigenvalue weighted by atomic mass is 9.79. The van der Waals surface area contributed by atoms with Gasteiger partial charge in [-0.2, -0.15) is 0 Å². The van der Waals surface area contributed by atoms with Crippen LogP contribution in [0.25, 0.3) is 0 Å². The van der Waals surface area contributed by atoms with E-state index in [9.17, 15) is 30.6 Å². The van der Waals surface area contributed by atoms with E-state index in [1.165, 1.54) is 12.1 Å². The second-order valence-electron chi connectivity index (χ2n) is 9.13. The van der Waals surface area contributed by atoms with Gasteiger partial charge < -0.3 is 30.6 Å². The van der Waals surface area contributed by atoms with Gasteiger partial charge in [-0.25, -0.2) is 0 Å². The van der Waals surface area contributed by atoms with Crippen LogP contribution in [-0.4, -0.2) is 30.6 Å². The van der Waals surface area contributed by atoms with E-state index >= 15 is 0 Å². The first-order chi connectivity index (χ1) is 16.3. The van der Waals surface area contributed by atoms with Gasteiger partial charge in [-0.1, -0.05) is 24.3 Å². The van der Waals surface area contributed by atoms with Gasteiger partial charge >= 0.3 is 0 Å². The summed E-state index contributed by atoms with van der Waals surface area (Å²) in [5.41, 5.74) is 4.58. The number of rotatable bonds is 2. The Kier molecular flexibility index (Phi) is 4.23. The van der Waals surface area contributed by atoms with E-state index in [-0.39, 0.29) is 58.2 Å². The van der Waals surface area contributed by atoms with Crippen LogP contribution in [-0.2, 0) is 0 Å². The monoisotopic (exact) mass is 454 g/mol. The lowest BCUT2D eigenvalue weighted by molar-refractivity contribution is 0.443. The highest BCUT2D eigenvalue weighted by atomic mass is 16.3. The molecule has 0 bridgehead atoms. The van der Waals surface area contributed by atoms with E-state index in [2.05, 4.69) is 0 Å². The zero-order valence-corrected chi connectivity index (χ0v) is 17.9. The van der Waals surface area contributed by atoms with Crippen LogP contribution in [0.2, 0.25) is 0 Å². The minimum atomic E-state index is -0.344. The van der Waals surface area contributed by atoms with E-state index in [1.54, 1.807) is 60.7 Å². The van der Waals surface area contributed by atoms with Crippen molar-refractivity contribution in [3.8, 4) is 34.5 Å². The Hall–Kier alpha value is -4.32. The number of phenolic OH excluding ortho intramolecular Hbond substituents is 6. The van der Waals surface area contributed by atoms with E-state index in [1.807, 2.05) is 0 Å². The van der Waals surface area contributed by atoms with Gasteiger partial charge in [0.05, 0.1) is 0 Å². The van der Waals surface area contributed by atoms with Gasteiger partial charge in [-0.15, -0.1) is 0 Å². The first-order valence-corrected chi connectivity index (χ1v) is 11.0. The van der Waals surface area contributed by atoms with Crippen LogP contribution in [0.3, 0.4) is 0 Å². The fourth-order valence-electron chi connectivity index (χ4n) is 6.15. The molecule has 0 saturated heterocycles. The van der Waals surface area contributed by atoms with Crippen molar-refractivity contribution >= 4 is 0 Å². The summed E-state index contributed by atoms with van der Waals surface area (Å²) in [6.07, 6.45) is 0. The Morgan fingerprint density at radius 2 is 0.765 bits per heavy atom. The van der Waals surface area contributed by atoms with Gasteiger partial charge in [0.15, 0.2) is 0 Å². The average Bonchev–Trinajstić information content (AvgIpc) is 3.29. The lowest BCUT2D eigenvalue weighted by Crippen LogP contribution is -2.10. The maximum absolute atomic E-state index is 11.0. The van der Waals surface area contributed by atoms with E-state index < -0.39 is 0 Å². The molecule has 4 aromatic carbocycles. The molecule has 6 N–H and O–H groups in total. The van der Waals surface area contributed by atoms with Gasteiger partial charge in [0.25, 0.3) is 0 Å². The average molecular weight is 454 g/mol. The highest BCUT2D eigenvalue weighted by Crippen LogP contribution is 2.69. The van der Waals surface area contributed by atoms with E-state index in [0.29, 0.717) is 11.1 Å². The van der Waals surface area contributed by atoms with Gasteiger partial charge in [-0.3, -0.25) is 0 Å². The topological polar surface area (TPSA) is 121 Å². The zero-order valence-electron chi connectivity index (χ0n) is 17.9. The Morgan fingerprint density at radius 1 is 0.412 bits per heavy atom. The SMILES string of the molecule is Oc1ccc([C@@H]2c3c(O)cc(O)cc3[C@@H]3[C@H](c4ccc(O)cc4)c4c(O)cc(O)cc4[C@H]23)cc1. The fourth-order valence-corrected chi connectivity index (χ4v) is 6.15. The molecule has 4 aromatic rings. The number of fused-ring (bicyclic) bond motifs is 5. The number of benzene rings is 4. The molecule has 6 heteroatoms. The second-order valence-corrected chi connectivity index (χ2v) is 9.13. The standard InChI is InChI=1S/C28H22O6/c29-15-5-1-13(2-6-15)23-25-19(9-17(31)11-21(25)33)28-24(14-3-7-16(30)8-4-14)26-20(27(23)28)10-18(32)12-22(26)34/h1-12,23-24,27-34H/t23-,24-,27-,28-/m1/s1. The van der Waals surface area contributed by atoms with Crippen molar-refractivity contribution in [2.75, 3.05) is 0 Å². The summed E-state index contributed by atoms with van der Waals surface area (Å²) in [6, 6.07) is 19.5. The molecule has 0 unspecified atom stereocenters. The van der Waals surface area contributed by atoms with Crippen molar-refractivity contribution < 1.29 is 30.6 Å². The van der Waals surface area contributed by atoms with Crippen LogP contribution in [0, 0.1) is 0 Å². The smallest absolute Gasteiger partial charge is 0.123 e. The van der Waals surface area contributed by atoms with Crippen molar-refractivity contribution in [2.24, 2.45) is 0 Å². The molecule has 34 heavy (non-hydrogen) atoms. The Bertz CT molecular complexity index is 1310. The molecule has 0 aromatic heterocycles. The molecule has 0 spiro atoms. The molecule has 2 aliphatic rings. The van der Waals surface area contributed by atoms with Crippen molar-refractivity contribution in [1.29, 1.82) is 0 Å². The van der Waals surface area contributed by atoms with Gasteiger partial charge in [0.1, 0.15) is 34.5 Å². The summed E-state index contributed by atoms with van der Waals surface area (Å²) >= 11 is 0. The molecule has 4 atom stereocenters. The molecule has 0 fully saturated rings. The summed E-state index contributed by atoms with van der Waals surface area (Å²) in [5.74, 6) is -1.15. The highest BCUT2D eigenvalue weighted by molar-refractivity contribution is 5.68. The van der Waals surface area contributed by atoms with Crippen molar-refractivity contribution in [3.63, 3.8) is 0 Å². The minimum Gasteiger partial charge on any atom is -0.508 e. The summed E-state index contributed by atoms with van der Waals surface area (Å²) in [7, 11) is 0. The first-order valence-electron chi connectivity index (χ1n) is 11.0. The molecular formula is C28H22O6. The predicted molar refractivity (Wildman–Crippen MR) is 125 cm³/mol. The largest absolute Gasteiger partial charge is 0.508 e. The number of hydrogen-bond acceptors (Lipinski definition) is 6. The van der Waals surface area contributed by atoms with Crippen LogP contribution >= 0.6 is 0 Å². The van der Waals surface area contributed by atoms with Crippen LogP contribution in [0.5, 0.6) is 34.5 Å². The first kappa shape index (κ1) is 20.3. The summed E-state index contributed by atoms with van der Waals surface area (Å²) < 4.78 is 0. The zero-order chi connectivity index (χ0) is 23.7. The maximum atomic E-state index is 11.0. The molecule has 2 aliphatic carbocycles. The Morgan fingerprint density at radius 3 is 1.12 bits per heavy atom. The molecule has 170 valence electrons. The predicted octanol–water partition coefficient (Wildman–Crippen LogP) is 5.08. The van der Waals surface area contributed by atoms with Crippen LogP contribution in [0.4, 0.5) is 0 Å². The van der Waals surface area contributed by atoms with E-state index in [4.69, 9.17) is 0 Å². The quantitative estimate of drug-likeness (QED) is 0.251. The molecule has 6 rings (SSSR count). The Labute approximate surface area is 195 Å². The summed E-state index contributed by atoms with van der Waals surface area (Å²) in [5, 5.41) is 62.4. The van der Waals surface area contributed by atoms with Crippen LogP contribution in [0.1, 0.15) is 57.1 Å². The molecule has 0 aliphatic heterocycles. The third-order valence-electron chi connectivity index (χ3n) is 7.30. The number of aromatic hydroxyl groups is 6. The third kappa shape index (κ3) is 2.81. The third-order valence-corrected chi connectivity index (χ3v) is 7.30. The highest BCUT2D eigenvalue weighted by Gasteiger charge is 2.54. The summed E-state index contributed by atoms with van der Waals surface area (Å²) in [4.78, 5) is 0. The second kappa shape index (κ2) is 7.09. The Balaban J connectivity index is 1.67. The van der Waals surface area contributed by atoms with Crippen LogP contribution in [0.15, 0.2) is 72.8 Å². The molecule has 0 radical (unpaired) electrons.